The van der Waals surface area contributed by atoms with Crippen LogP contribution in [0.1, 0.15) is 48.8 Å². The largest absolute Gasteiger partial charge is 0.462 e. The van der Waals surface area contributed by atoms with Gasteiger partial charge in [-0.15, -0.1) is 11.3 Å². The molecule has 4 amide bonds. The second-order valence-corrected chi connectivity index (χ2v) is 13.8. The maximum atomic E-state index is 13.7. The fraction of sp³-hybridized carbons (Fsp3) is 0.444. The van der Waals surface area contributed by atoms with Crippen molar-refractivity contribution in [3.63, 3.8) is 0 Å². The molecule has 0 spiro atoms. The minimum atomic E-state index is -0.656. The first kappa shape index (κ1) is 36.6. The number of aromatic nitrogens is 1. The van der Waals surface area contributed by atoms with Crippen LogP contribution >= 0.6 is 11.3 Å². The number of pyridine rings is 1. The summed E-state index contributed by atoms with van der Waals surface area (Å²) in [6.07, 6.45) is 4.09. The lowest BCUT2D eigenvalue weighted by Gasteiger charge is -2.29. The van der Waals surface area contributed by atoms with Crippen LogP contribution in [-0.4, -0.2) is 91.1 Å². The Hall–Kier alpha value is -4.66. The Balaban J connectivity index is 1.21. The number of rotatable bonds is 14. The third-order valence-corrected chi connectivity index (χ3v) is 8.73. The van der Waals surface area contributed by atoms with Crippen LogP contribution in [0.2, 0.25) is 0 Å². The number of carbonyl (C=O) groups is 3. The summed E-state index contributed by atoms with van der Waals surface area (Å²) in [4.78, 5) is 47.6. The second-order valence-electron chi connectivity index (χ2n) is 13.1. The van der Waals surface area contributed by atoms with Crippen molar-refractivity contribution in [1.82, 2.24) is 20.1 Å². The maximum Gasteiger partial charge on any atom is 0.412 e. The van der Waals surface area contributed by atoms with Gasteiger partial charge in [0.25, 0.3) is 5.91 Å². The van der Waals surface area contributed by atoms with Crippen LogP contribution in [-0.2, 0) is 31.9 Å². The molecule has 1 fully saturated rings. The van der Waals surface area contributed by atoms with Gasteiger partial charge in [-0.3, -0.25) is 20.0 Å². The van der Waals surface area contributed by atoms with Gasteiger partial charge in [0, 0.05) is 62.1 Å². The van der Waals surface area contributed by atoms with Gasteiger partial charge in [0.05, 0.1) is 24.6 Å². The zero-order valence-corrected chi connectivity index (χ0v) is 29.6. The highest BCUT2D eigenvalue weighted by Crippen LogP contribution is 2.28. The van der Waals surface area contributed by atoms with Crippen molar-refractivity contribution in [1.29, 1.82) is 0 Å². The molecule has 2 aliphatic heterocycles. The highest BCUT2D eigenvalue weighted by Gasteiger charge is 2.24. The molecule has 3 N–H and O–H groups in total. The molecule has 0 saturated carbocycles. The molecular formula is C36H46N6O7S. The molecule has 1 atom stereocenters. The summed E-state index contributed by atoms with van der Waals surface area (Å²) in [5, 5.41) is 12.0. The predicted octanol–water partition coefficient (Wildman–Crippen LogP) is 5.68. The first-order valence-corrected chi connectivity index (χ1v) is 17.7. The molecule has 1 unspecified atom stereocenters. The van der Waals surface area contributed by atoms with Crippen molar-refractivity contribution in [2.75, 3.05) is 63.4 Å². The summed E-state index contributed by atoms with van der Waals surface area (Å²) in [5.74, 6) is 0.182. The molecule has 14 heteroatoms. The van der Waals surface area contributed by atoms with E-state index in [2.05, 4.69) is 38.0 Å². The smallest absolute Gasteiger partial charge is 0.412 e. The fourth-order valence-electron chi connectivity index (χ4n) is 5.49. The number of ether oxygens (including phenoxy) is 4. The Morgan fingerprint density at radius 3 is 2.46 bits per heavy atom. The lowest BCUT2D eigenvalue weighted by molar-refractivity contribution is 0.0364. The minimum Gasteiger partial charge on any atom is -0.462 e. The monoisotopic (exact) mass is 706 g/mol. The van der Waals surface area contributed by atoms with Crippen LogP contribution in [0.3, 0.4) is 0 Å². The third kappa shape index (κ3) is 11.5. The summed E-state index contributed by atoms with van der Waals surface area (Å²) in [6.45, 7) is 10.7. The van der Waals surface area contributed by atoms with E-state index in [0.717, 1.165) is 37.2 Å². The highest BCUT2D eigenvalue weighted by atomic mass is 32.1. The van der Waals surface area contributed by atoms with Crippen molar-refractivity contribution >= 4 is 40.7 Å². The predicted molar refractivity (Wildman–Crippen MR) is 191 cm³/mol. The first-order chi connectivity index (χ1) is 24.1. The normalized spacial score (nSPS) is 15.2. The number of thiophene rings is 1. The average Bonchev–Trinajstić information content (AvgIpc) is 3.79. The number of urea groups is 1. The highest BCUT2D eigenvalue weighted by molar-refractivity contribution is 7.09. The molecule has 2 aliphatic rings. The Morgan fingerprint density at radius 1 is 1.02 bits per heavy atom. The molecular weight excluding hydrogens is 660 g/mol. The fourth-order valence-corrected chi connectivity index (χ4v) is 6.20. The van der Waals surface area contributed by atoms with Crippen LogP contribution < -0.4 is 16.0 Å². The average molecular weight is 707 g/mol. The van der Waals surface area contributed by atoms with Crippen molar-refractivity contribution in [2.24, 2.45) is 5.92 Å². The van der Waals surface area contributed by atoms with Gasteiger partial charge in [-0.1, -0.05) is 36.4 Å². The number of amides is 4. The van der Waals surface area contributed by atoms with Crippen molar-refractivity contribution in [3.05, 3.63) is 88.3 Å². The van der Waals surface area contributed by atoms with Gasteiger partial charge in [0.2, 0.25) is 6.79 Å². The Kier molecular flexibility index (Phi) is 13.1. The molecule has 0 bridgehead atoms. The van der Waals surface area contributed by atoms with Gasteiger partial charge < -0.3 is 34.5 Å². The lowest BCUT2D eigenvalue weighted by Crippen LogP contribution is -2.44. The summed E-state index contributed by atoms with van der Waals surface area (Å²) in [5.41, 5.74) is 2.33. The maximum absolute atomic E-state index is 13.7. The topological polar surface area (TPSA) is 144 Å². The molecule has 3 aromatic rings. The number of hydrogen-bond acceptors (Lipinski definition) is 10. The number of anilines is 2. The Bertz CT molecular complexity index is 1590. The van der Waals surface area contributed by atoms with E-state index in [1.54, 1.807) is 61.0 Å². The second kappa shape index (κ2) is 17.8. The number of hydrogen-bond donors (Lipinski definition) is 3. The van der Waals surface area contributed by atoms with Crippen LogP contribution in [0.15, 0.2) is 71.4 Å². The standard InChI is InChI=1S/C36H46N6O7S/c1-36(2,3)49-35(45)40-31-24-50-23-30(31)39-33(43)29-11-10-27(19-37-29)21-42(13-7-12-41-14-16-46-17-15-41)34(44)38-20-28(32-22-47-25-48-32)18-26-8-5-4-6-9-26/h4-6,8-11,19,22-24,28H,7,12-18,20-21,25H2,1-3H3,(H,38,44)(H,39,43)(H,40,45). The number of nitrogens with zero attached hydrogens (tertiary/aromatic N) is 3. The van der Waals surface area contributed by atoms with Gasteiger partial charge in [-0.25, -0.2) is 9.59 Å². The summed E-state index contributed by atoms with van der Waals surface area (Å²) >= 11 is 1.33. The molecule has 13 nitrogen and oxygen atoms in total. The molecule has 1 aromatic carbocycles. The Morgan fingerprint density at radius 2 is 1.78 bits per heavy atom. The molecule has 5 rings (SSSR count). The van der Waals surface area contributed by atoms with Gasteiger partial charge in [0.1, 0.15) is 23.3 Å². The van der Waals surface area contributed by atoms with Crippen LogP contribution in [0.25, 0.3) is 0 Å². The molecule has 4 heterocycles. The zero-order valence-electron chi connectivity index (χ0n) is 28.8. The van der Waals surface area contributed by atoms with Crippen molar-refractivity contribution in [3.8, 4) is 0 Å². The van der Waals surface area contributed by atoms with Gasteiger partial charge in [0.15, 0.2) is 0 Å². The summed E-state index contributed by atoms with van der Waals surface area (Å²) in [6, 6.07) is 13.3. The van der Waals surface area contributed by atoms with E-state index >= 15 is 0 Å². The van der Waals surface area contributed by atoms with Crippen LogP contribution in [0, 0.1) is 5.92 Å². The minimum absolute atomic E-state index is 0.0957. The van der Waals surface area contributed by atoms with E-state index < -0.39 is 17.6 Å². The van der Waals surface area contributed by atoms with E-state index in [0.29, 0.717) is 56.4 Å². The number of morpholine rings is 1. The molecule has 50 heavy (non-hydrogen) atoms. The SMILES string of the molecule is CC(C)(C)OC(=O)Nc1cscc1NC(=O)c1ccc(CN(CCCN2CCOCC2)C(=O)NCC(Cc2ccccc2)C2=COCO2)cn1. The number of carbonyl (C=O) groups excluding carboxylic acids is 3. The molecule has 0 radical (unpaired) electrons. The molecule has 0 aliphatic carbocycles. The quantitative estimate of drug-likeness (QED) is 0.193. The third-order valence-electron chi connectivity index (χ3n) is 7.99. The van der Waals surface area contributed by atoms with Crippen molar-refractivity contribution in [2.45, 2.75) is 45.8 Å². The van der Waals surface area contributed by atoms with E-state index in [9.17, 15) is 14.4 Å². The summed E-state index contributed by atoms with van der Waals surface area (Å²) < 4.78 is 21.8. The van der Waals surface area contributed by atoms with Crippen LogP contribution in [0.5, 0.6) is 0 Å². The van der Waals surface area contributed by atoms with Gasteiger partial charge >= 0.3 is 12.1 Å². The molecule has 1 saturated heterocycles. The van der Waals surface area contributed by atoms with E-state index in [1.807, 2.05) is 18.2 Å². The van der Waals surface area contributed by atoms with Crippen LogP contribution in [0.4, 0.5) is 21.0 Å². The lowest BCUT2D eigenvalue weighted by atomic mass is 9.97. The number of benzene rings is 1. The van der Waals surface area contributed by atoms with E-state index in [4.69, 9.17) is 18.9 Å². The Labute approximate surface area is 296 Å². The van der Waals surface area contributed by atoms with Crippen molar-refractivity contribution < 1.29 is 33.3 Å². The molecule has 268 valence electrons. The van der Waals surface area contributed by atoms with Gasteiger partial charge in [-0.2, -0.15) is 0 Å². The van der Waals surface area contributed by atoms with Gasteiger partial charge in [-0.05, 0) is 50.8 Å². The van der Waals surface area contributed by atoms with E-state index in [1.165, 1.54) is 11.3 Å². The van der Waals surface area contributed by atoms with E-state index in [-0.39, 0.29) is 24.4 Å². The molecule has 2 aromatic heterocycles. The summed E-state index contributed by atoms with van der Waals surface area (Å²) in [7, 11) is 0. The number of nitrogens with one attached hydrogen (secondary N) is 3. The first-order valence-electron chi connectivity index (χ1n) is 16.8. The zero-order chi connectivity index (χ0) is 35.3.